The van der Waals surface area contributed by atoms with Gasteiger partial charge < -0.3 is 0 Å². The molecule has 0 N–H and O–H groups in total. The van der Waals surface area contributed by atoms with Gasteiger partial charge in [-0.15, -0.1) is 0 Å². The van der Waals surface area contributed by atoms with E-state index in [2.05, 4.69) is 44.6 Å². The molecule has 0 unspecified atom stereocenters. The van der Waals surface area contributed by atoms with E-state index in [1.807, 2.05) is 12.1 Å². The second-order valence-corrected chi connectivity index (χ2v) is 3.94. The highest BCUT2D eigenvalue weighted by Crippen LogP contribution is 2.20. The fourth-order valence-corrected chi connectivity index (χ4v) is 2.31. The molecular weight excluding hydrogens is 338 g/mol. The monoisotopic (exact) mass is 344 g/mol. The van der Waals surface area contributed by atoms with Crippen molar-refractivity contribution in [1.29, 1.82) is 0 Å². The quantitative estimate of drug-likeness (QED) is 0.557. The molecule has 0 saturated heterocycles. The van der Waals surface area contributed by atoms with E-state index in [4.69, 9.17) is 11.6 Å². The number of halogens is 3. The number of hydrogen-bond acceptors (Lipinski definition) is 0. The summed E-state index contributed by atoms with van der Waals surface area (Å²) in [5, 5.41) is 1.69. The van der Waals surface area contributed by atoms with E-state index >= 15 is 0 Å². The van der Waals surface area contributed by atoms with Gasteiger partial charge in [-0.3, -0.25) is 0 Å². The minimum absolute atomic E-state index is 0.813. The molecule has 1 rings (SSSR count). The molecule has 0 aliphatic carbocycles. The molecule has 0 aromatic heterocycles. The van der Waals surface area contributed by atoms with Gasteiger partial charge in [-0.05, 0) is 23.3 Å². The summed E-state index contributed by atoms with van der Waals surface area (Å²) in [6.07, 6.45) is 0. The van der Waals surface area contributed by atoms with Crippen LogP contribution in [-0.4, -0.2) is 0 Å². The fourth-order valence-electron chi connectivity index (χ4n) is 0.849. The molecule has 0 aliphatic rings. The molecule has 0 spiro atoms. The van der Waals surface area contributed by atoms with Gasteiger partial charge in [-0.1, -0.05) is 56.2 Å². The molecule has 0 amide bonds. The first kappa shape index (κ1) is 9.81. The summed E-state index contributed by atoms with van der Waals surface area (Å²) in [6.45, 7) is 0. The summed E-state index contributed by atoms with van der Waals surface area (Å²) in [7, 11) is 0. The highest BCUT2D eigenvalue weighted by molar-refractivity contribution is 14.1. The largest absolute Gasteiger partial charge is 0.0876 e. The van der Waals surface area contributed by atoms with Crippen LogP contribution in [0.1, 0.15) is 11.1 Å². The first-order valence-electron chi connectivity index (χ1n) is 3.17. The lowest BCUT2D eigenvalue weighted by molar-refractivity contribution is 1.31. The van der Waals surface area contributed by atoms with E-state index < -0.39 is 0 Å². The second-order valence-electron chi connectivity index (χ2n) is 2.18. The normalized spacial score (nSPS) is 10.1. The van der Waals surface area contributed by atoms with Crippen molar-refractivity contribution in [2.75, 3.05) is 0 Å². The van der Waals surface area contributed by atoms with Crippen LogP contribution >= 0.6 is 50.1 Å². The van der Waals surface area contributed by atoms with Gasteiger partial charge in [0.25, 0.3) is 0 Å². The Hall–Kier alpha value is 0.720. The predicted octanol–water partition coefficient (Wildman–Crippen LogP) is 4.17. The standard InChI is InChI=1S/C8H7BrClI/c9-4-7-3-8(10)2-1-6(7)5-11/h1-3H,4-5H2. The molecule has 11 heavy (non-hydrogen) atoms. The molecule has 0 aliphatic heterocycles. The van der Waals surface area contributed by atoms with E-state index in [-0.39, 0.29) is 0 Å². The molecule has 1 aromatic rings. The topological polar surface area (TPSA) is 0 Å². The summed E-state index contributed by atoms with van der Waals surface area (Å²) >= 11 is 11.6. The molecule has 0 bridgehead atoms. The minimum atomic E-state index is 0.813. The third kappa shape index (κ3) is 2.60. The van der Waals surface area contributed by atoms with Crippen LogP contribution in [0, 0.1) is 0 Å². The van der Waals surface area contributed by atoms with Crippen molar-refractivity contribution in [3.05, 3.63) is 34.3 Å². The highest BCUT2D eigenvalue weighted by Gasteiger charge is 1.99. The number of rotatable bonds is 2. The SMILES string of the molecule is Clc1ccc(CI)c(CBr)c1. The Kier molecular flexibility index (Phi) is 4.17. The summed E-state index contributed by atoms with van der Waals surface area (Å²) in [5.74, 6) is 0. The van der Waals surface area contributed by atoms with Gasteiger partial charge in [0.1, 0.15) is 0 Å². The van der Waals surface area contributed by atoms with Crippen LogP contribution in [0.2, 0.25) is 5.02 Å². The maximum atomic E-state index is 5.83. The van der Waals surface area contributed by atoms with Crippen molar-refractivity contribution < 1.29 is 0 Å². The van der Waals surface area contributed by atoms with Crippen LogP contribution < -0.4 is 0 Å². The average molecular weight is 345 g/mol. The second kappa shape index (κ2) is 4.67. The van der Waals surface area contributed by atoms with Crippen molar-refractivity contribution >= 4 is 50.1 Å². The van der Waals surface area contributed by atoms with Crippen molar-refractivity contribution in [2.45, 2.75) is 9.76 Å². The van der Waals surface area contributed by atoms with Crippen molar-refractivity contribution in [2.24, 2.45) is 0 Å². The third-order valence-electron chi connectivity index (χ3n) is 1.46. The van der Waals surface area contributed by atoms with Gasteiger partial charge in [0.05, 0.1) is 0 Å². The first-order chi connectivity index (χ1) is 5.27. The Bertz CT molecular complexity index is 250. The molecule has 0 saturated carbocycles. The smallest absolute Gasteiger partial charge is 0.0409 e. The Morgan fingerprint density at radius 3 is 2.64 bits per heavy atom. The van der Waals surface area contributed by atoms with E-state index in [9.17, 15) is 0 Å². The molecule has 1 aromatic carbocycles. The fraction of sp³-hybridized carbons (Fsp3) is 0.250. The average Bonchev–Trinajstić information content (AvgIpc) is 2.04. The zero-order valence-corrected chi connectivity index (χ0v) is 10.3. The lowest BCUT2D eigenvalue weighted by Gasteiger charge is -2.03. The lowest BCUT2D eigenvalue weighted by atomic mass is 10.1. The molecule has 0 fully saturated rings. The van der Waals surface area contributed by atoms with E-state index in [1.54, 1.807) is 0 Å². The summed E-state index contributed by atoms with van der Waals surface area (Å²) in [6, 6.07) is 6.01. The number of alkyl halides is 2. The van der Waals surface area contributed by atoms with Gasteiger partial charge in [0.15, 0.2) is 0 Å². The molecule has 3 heteroatoms. The van der Waals surface area contributed by atoms with Crippen molar-refractivity contribution in [1.82, 2.24) is 0 Å². The number of hydrogen-bond donors (Lipinski definition) is 0. The van der Waals surface area contributed by atoms with Crippen LogP contribution in [0.3, 0.4) is 0 Å². The zero-order chi connectivity index (χ0) is 8.27. The molecule has 60 valence electrons. The van der Waals surface area contributed by atoms with Crippen LogP contribution in [0.5, 0.6) is 0 Å². The highest BCUT2D eigenvalue weighted by atomic mass is 127. The lowest BCUT2D eigenvalue weighted by Crippen LogP contribution is -1.86. The first-order valence-corrected chi connectivity index (χ1v) is 6.19. The molecular formula is C8H7BrClI. The van der Waals surface area contributed by atoms with Gasteiger partial charge in [0.2, 0.25) is 0 Å². The van der Waals surface area contributed by atoms with Gasteiger partial charge >= 0.3 is 0 Å². The Balaban J connectivity index is 3.06. The Morgan fingerprint density at radius 1 is 1.36 bits per heavy atom. The van der Waals surface area contributed by atoms with Crippen LogP contribution in [0.4, 0.5) is 0 Å². The van der Waals surface area contributed by atoms with Gasteiger partial charge in [-0.2, -0.15) is 0 Å². The van der Waals surface area contributed by atoms with Crippen molar-refractivity contribution in [3.63, 3.8) is 0 Å². The maximum Gasteiger partial charge on any atom is 0.0409 e. The van der Waals surface area contributed by atoms with E-state index in [0.717, 1.165) is 14.8 Å². The van der Waals surface area contributed by atoms with E-state index in [0.29, 0.717) is 0 Å². The van der Waals surface area contributed by atoms with E-state index in [1.165, 1.54) is 11.1 Å². The molecule has 0 radical (unpaired) electrons. The van der Waals surface area contributed by atoms with Gasteiger partial charge in [-0.25, -0.2) is 0 Å². The number of benzene rings is 1. The maximum absolute atomic E-state index is 5.83. The predicted molar refractivity (Wildman–Crippen MR) is 61.8 cm³/mol. The van der Waals surface area contributed by atoms with Crippen LogP contribution in [0.25, 0.3) is 0 Å². The Morgan fingerprint density at radius 2 is 2.09 bits per heavy atom. The molecule has 0 atom stereocenters. The molecule has 0 nitrogen and oxygen atoms in total. The summed E-state index contributed by atoms with van der Waals surface area (Å²) in [4.78, 5) is 0. The van der Waals surface area contributed by atoms with Crippen LogP contribution in [0.15, 0.2) is 18.2 Å². The zero-order valence-electron chi connectivity index (χ0n) is 5.78. The van der Waals surface area contributed by atoms with Crippen LogP contribution in [-0.2, 0) is 9.76 Å². The van der Waals surface area contributed by atoms with Gasteiger partial charge in [0, 0.05) is 14.8 Å². The molecule has 0 heterocycles. The summed E-state index contributed by atoms with van der Waals surface area (Å²) in [5.41, 5.74) is 2.64. The summed E-state index contributed by atoms with van der Waals surface area (Å²) < 4.78 is 1.04. The Labute approximate surface area is 93.6 Å². The minimum Gasteiger partial charge on any atom is -0.0876 e. The van der Waals surface area contributed by atoms with Crippen molar-refractivity contribution in [3.8, 4) is 0 Å². The third-order valence-corrected chi connectivity index (χ3v) is 3.12.